The molecule has 0 aliphatic carbocycles. The molecule has 0 atom stereocenters. The highest BCUT2D eigenvalue weighted by Crippen LogP contribution is 2.18. The lowest BCUT2D eigenvalue weighted by atomic mass is 10.1. The minimum atomic E-state index is 0.708. The minimum absolute atomic E-state index is 0.708. The number of rotatable bonds is 2. The average molecular weight is 337 g/mol. The summed E-state index contributed by atoms with van der Waals surface area (Å²) in [6.45, 7) is 0. The Balaban J connectivity index is 2.23. The summed E-state index contributed by atoms with van der Waals surface area (Å²) in [6.07, 6.45) is 0.708. The minimum Gasteiger partial charge on any atom is -0.213 e. The number of hydrogen-bond acceptors (Lipinski definition) is 3. The zero-order valence-corrected chi connectivity index (χ0v) is 10.8. The maximum absolute atomic E-state index is 6.03. The first kappa shape index (κ1) is 10.3. The Morgan fingerprint density at radius 2 is 2.14 bits per heavy atom. The molecule has 1 aromatic heterocycles. The molecular weight excluding hydrogens is 331 g/mol. The van der Waals surface area contributed by atoms with Crippen molar-refractivity contribution in [2.24, 2.45) is 0 Å². The van der Waals surface area contributed by atoms with Crippen LogP contribution >= 0.6 is 45.7 Å². The fourth-order valence-electron chi connectivity index (χ4n) is 1.12. The molecule has 0 spiro atoms. The Morgan fingerprint density at radius 1 is 1.36 bits per heavy atom. The molecule has 0 unspecified atom stereocenters. The molecule has 0 radical (unpaired) electrons. The summed E-state index contributed by atoms with van der Waals surface area (Å²) in [5.74, 6) is 0.840. The fourth-order valence-corrected chi connectivity index (χ4v) is 2.33. The molecule has 0 N–H and O–H groups in total. The van der Waals surface area contributed by atoms with Gasteiger partial charge in [0, 0.05) is 11.4 Å². The number of aromatic nitrogens is 2. The lowest BCUT2D eigenvalue weighted by Gasteiger charge is -1.99. The second kappa shape index (κ2) is 4.55. The van der Waals surface area contributed by atoms with E-state index in [1.54, 1.807) is 0 Å². The van der Waals surface area contributed by atoms with Crippen LogP contribution in [0.4, 0.5) is 0 Å². The van der Waals surface area contributed by atoms with Crippen molar-refractivity contribution in [2.45, 2.75) is 6.42 Å². The van der Waals surface area contributed by atoms with Crippen LogP contribution < -0.4 is 0 Å². The number of halogens is 2. The van der Waals surface area contributed by atoms with E-state index >= 15 is 0 Å². The van der Waals surface area contributed by atoms with E-state index in [1.807, 2.05) is 24.3 Å². The molecule has 0 aliphatic rings. The van der Waals surface area contributed by atoms with Crippen LogP contribution in [0.5, 0.6) is 0 Å². The molecule has 72 valence electrons. The smallest absolute Gasteiger partial charge is 0.173 e. The van der Waals surface area contributed by atoms with E-state index in [9.17, 15) is 0 Å². The second-order valence-electron chi connectivity index (χ2n) is 2.73. The van der Waals surface area contributed by atoms with Gasteiger partial charge in [-0.1, -0.05) is 29.8 Å². The Kier molecular flexibility index (Phi) is 3.35. The zero-order chi connectivity index (χ0) is 9.97. The Labute approximate surface area is 105 Å². The Bertz CT molecular complexity index is 444. The van der Waals surface area contributed by atoms with Crippen molar-refractivity contribution in [2.75, 3.05) is 0 Å². The van der Waals surface area contributed by atoms with E-state index in [4.69, 9.17) is 11.6 Å². The van der Waals surface area contributed by atoms with E-state index in [0.29, 0.717) is 6.42 Å². The van der Waals surface area contributed by atoms with Crippen molar-refractivity contribution in [3.8, 4) is 0 Å². The molecule has 0 amide bonds. The lowest BCUT2D eigenvalue weighted by molar-refractivity contribution is 1.03. The Morgan fingerprint density at radius 3 is 2.79 bits per heavy atom. The van der Waals surface area contributed by atoms with Gasteiger partial charge >= 0.3 is 0 Å². The highest BCUT2D eigenvalue weighted by atomic mass is 127. The predicted molar refractivity (Wildman–Crippen MR) is 66.9 cm³/mol. The van der Waals surface area contributed by atoms with Crippen LogP contribution in [0.25, 0.3) is 0 Å². The molecule has 0 bridgehead atoms. The van der Waals surface area contributed by atoms with Gasteiger partial charge in [-0.05, 0) is 45.8 Å². The molecular formula is C9H6ClIN2S. The van der Waals surface area contributed by atoms with Gasteiger partial charge in [0.1, 0.15) is 5.82 Å². The maximum Gasteiger partial charge on any atom is 0.173 e. The van der Waals surface area contributed by atoms with Crippen molar-refractivity contribution >= 4 is 45.7 Å². The van der Waals surface area contributed by atoms with E-state index in [0.717, 1.165) is 19.4 Å². The summed E-state index contributed by atoms with van der Waals surface area (Å²) in [7, 11) is 0. The van der Waals surface area contributed by atoms with Crippen molar-refractivity contribution < 1.29 is 0 Å². The maximum atomic E-state index is 6.03. The molecule has 5 heteroatoms. The third-order valence-corrected chi connectivity index (χ3v) is 3.49. The van der Waals surface area contributed by atoms with Crippen LogP contribution in [0.3, 0.4) is 0 Å². The fraction of sp³-hybridized carbons (Fsp3) is 0.111. The van der Waals surface area contributed by atoms with Crippen LogP contribution in [0.1, 0.15) is 11.4 Å². The molecule has 0 saturated heterocycles. The van der Waals surface area contributed by atoms with Crippen LogP contribution in [0.15, 0.2) is 24.3 Å². The second-order valence-corrected chi connectivity index (χ2v) is 5.64. The van der Waals surface area contributed by atoms with Gasteiger partial charge in [0.25, 0.3) is 0 Å². The van der Waals surface area contributed by atoms with Crippen molar-refractivity contribution in [3.05, 3.63) is 43.7 Å². The van der Waals surface area contributed by atoms with Crippen molar-refractivity contribution in [1.29, 1.82) is 0 Å². The van der Waals surface area contributed by atoms with Crippen LogP contribution in [0, 0.1) is 3.01 Å². The third-order valence-electron chi connectivity index (χ3n) is 1.75. The lowest BCUT2D eigenvalue weighted by Crippen LogP contribution is -1.91. The summed E-state index contributed by atoms with van der Waals surface area (Å²) >= 11 is 9.60. The van der Waals surface area contributed by atoms with E-state index in [2.05, 4.69) is 31.9 Å². The largest absolute Gasteiger partial charge is 0.213 e. The van der Waals surface area contributed by atoms with Crippen LogP contribution in [0.2, 0.25) is 5.02 Å². The zero-order valence-electron chi connectivity index (χ0n) is 7.08. The number of hydrogen-bond donors (Lipinski definition) is 0. The van der Waals surface area contributed by atoms with Crippen molar-refractivity contribution in [1.82, 2.24) is 9.36 Å². The van der Waals surface area contributed by atoms with E-state index in [1.165, 1.54) is 11.5 Å². The predicted octanol–water partition coefficient (Wildman–Crippen LogP) is 3.39. The third kappa shape index (κ3) is 2.43. The van der Waals surface area contributed by atoms with Gasteiger partial charge in [0.05, 0.1) is 0 Å². The normalized spacial score (nSPS) is 10.4. The van der Waals surface area contributed by atoms with Crippen LogP contribution in [-0.4, -0.2) is 9.36 Å². The van der Waals surface area contributed by atoms with Crippen molar-refractivity contribution in [3.63, 3.8) is 0 Å². The van der Waals surface area contributed by atoms with E-state index in [-0.39, 0.29) is 0 Å². The molecule has 0 aliphatic heterocycles. The van der Waals surface area contributed by atoms with Gasteiger partial charge in [-0.25, -0.2) is 4.98 Å². The Hall–Kier alpha value is -0.200. The summed E-state index contributed by atoms with van der Waals surface area (Å²) in [6, 6.07) is 7.77. The van der Waals surface area contributed by atoms with Gasteiger partial charge in [-0.15, -0.1) is 0 Å². The van der Waals surface area contributed by atoms with Crippen LogP contribution in [-0.2, 0) is 6.42 Å². The summed E-state index contributed by atoms with van der Waals surface area (Å²) in [5, 5.41) is 0.775. The van der Waals surface area contributed by atoms with Gasteiger partial charge in [0.2, 0.25) is 0 Å². The molecule has 14 heavy (non-hydrogen) atoms. The summed E-state index contributed by atoms with van der Waals surface area (Å²) in [5.41, 5.74) is 1.07. The first-order valence-electron chi connectivity index (χ1n) is 3.97. The monoisotopic (exact) mass is 336 g/mol. The highest BCUT2D eigenvalue weighted by molar-refractivity contribution is 14.1. The SMILES string of the molecule is Clc1ccccc1Cc1nsc(I)n1. The molecule has 1 heterocycles. The van der Waals surface area contributed by atoms with Gasteiger partial charge < -0.3 is 0 Å². The van der Waals surface area contributed by atoms with E-state index < -0.39 is 0 Å². The topological polar surface area (TPSA) is 25.8 Å². The first-order chi connectivity index (χ1) is 6.75. The molecule has 1 aromatic carbocycles. The average Bonchev–Trinajstić information content (AvgIpc) is 2.56. The van der Waals surface area contributed by atoms with Gasteiger partial charge in [-0.3, -0.25) is 0 Å². The summed E-state index contributed by atoms with van der Waals surface area (Å²) < 4.78 is 5.18. The van der Waals surface area contributed by atoms with Gasteiger partial charge in [0.15, 0.2) is 3.01 Å². The summed E-state index contributed by atoms with van der Waals surface area (Å²) in [4.78, 5) is 4.28. The number of benzene rings is 1. The number of nitrogens with zero attached hydrogens (tertiary/aromatic N) is 2. The standard InChI is InChI=1S/C9H6ClIN2S/c10-7-4-2-1-3-6(7)5-8-12-9(11)14-13-8/h1-4H,5H2. The molecule has 2 nitrogen and oxygen atoms in total. The molecule has 2 rings (SSSR count). The molecule has 0 saturated carbocycles. The quantitative estimate of drug-likeness (QED) is 0.786. The highest BCUT2D eigenvalue weighted by Gasteiger charge is 2.05. The molecule has 2 aromatic rings. The molecule has 0 fully saturated rings. The first-order valence-corrected chi connectivity index (χ1v) is 6.20. The van der Waals surface area contributed by atoms with Gasteiger partial charge in [-0.2, -0.15) is 4.37 Å².